The maximum absolute atomic E-state index is 13.8. The Morgan fingerprint density at radius 2 is 1.93 bits per heavy atom. The molecule has 6 heterocycles. The molecule has 1 aromatic heterocycles. The van der Waals surface area contributed by atoms with E-state index in [0.717, 1.165) is 39.4 Å². The second-order valence-corrected chi connectivity index (χ2v) is 12.0. The minimum atomic E-state index is -1.58. The molecule has 4 saturated heterocycles. The van der Waals surface area contributed by atoms with Gasteiger partial charge in [0.1, 0.15) is 0 Å². The molecule has 0 aliphatic carbocycles. The van der Waals surface area contributed by atoms with Crippen LogP contribution < -0.4 is 15.4 Å². The fraction of sp³-hybridized carbons (Fsp3) is 0.533. The van der Waals surface area contributed by atoms with Crippen molar-refractivity contribution in [2.75, 3.05) is 64.4 Å². The number of aromatic nitrogens is 1. The first kappa shape index (κ1) is 26.2. The average Bonchev–Trinajstić information content (AvgIpc) is 3.18. The quantitative estimate of drug-likeness (QED) is 0.551. The smallest absolute Gasteiger partial charge is 0.318 e. The highest BCUT2D eigenvalue weighted by Gasteiger charge is 2.57. The number of nitriles is 1. The van der Waals surface area contributed by atoms with Gasteiger partial charge in [-0.05, 0) is 50.1 Å². The lowest BCUT2D eigenvalue weighted by atomic mass is 9.71. The van der Waals surface area contributed by atoms with Crippen LogP contribution in [0.5, 0.6) is 5.88 Å². The number of carbonyl (C=O) groups is 2. The standard InChI is InChI=1S/C30H35N7O4/c1-2-41-26-23(4-3-9-32-26)30(24-12-20(13-31)5-6-25(24)33-27(30)38)34-28(39)37-18-29(19-37)16-36(17-29)21-7-10-35(11-8-21)22-14-40-15-22/h3-6,9,12,21-22H,2,7-8,10-11,14-19H2,1H3,(H,33,38)(H,34,39)/t30-/m1/s1. The zero-order valence-electron chi connectivity index (χ0n) is 23.3. The van der Waals surface area contributed by atoms with Crippen LogP contribution in [0, 0.1) is 16.7 Å². The molecule has 2 N–H and O–H groups in total. The summed E-state index contributed by atoms with van der Waals surface area (Å²) in [6.45, 7) is 9.52. The molecule has 0 radical (unpaired) electrons. The van der Waals surface area contributed by atoms with Gasteiger partial charge < -0.3 is 25.0 Å². The van der Waals surface area contributed by atoms with Gasteiger partial charge in [0.05, 0.1) is 43.1 Å². The molecule has 2 aromatic rings. The molecule has 41 heavy (non-hydrogen) atoms. The van der Waals surface area contributed by atoms with Crippen molar-refractivity contribution in [1.82, 2.24) is 25.0 Å². The molecule has 5 aliphatic heterocycles. The molecule has 1 atom stereocenters. The van der Waals surface area contributed by atoms with Crippen molar-refractivity contribution in [3.8, 4) is 11.9 Å². The summed E-state index contributed by atoms with van der Waals surface area (Å²) < 4.78 is 11.2. The zero-order chi connectivity index (χ0) is 28.2. The molecule has 3 amide bonds. The predicted molar refractivity (Wildman–Crippen MR) is 149 cm³/mol. The summed E-state index contributed by atoms with van der Waals surface area (Å²) in [6.07, 6.45) is 3.97. The number of hydrogen-bond acceptors (Lipinski definition) is 8. The minimum absolute atomic E-state index is 0.123. The second kappa shape index (κ2) is 9.98. The van der Waals surface area contributed by atoms with E-state index in [4.69, 9.17) is 9.47 Å². The number of urea groups is 1. The molecule has 11 heteroatoms. The van der Waals surface area contributed by atoms with Gasteiger partial charge in [0, 0.05) is 68.2 Å². The predicted octanol–water partition coefficient (Wildman–Crippen LogP) is 1.74. The number of piperidine rings is 1. The van der Waals surface area contributed by atoms with Gasteiger partial charge in [-0.3, -0.25) is 14.6 Å². The monoisotopic (exact) mass is 557 g/mol. The van der Waals surface area contributed by atoms with Gasteiger partial charge in [0.15, 0.2) is 5.54 Å². The molecule has 5 aliphatic rings. The number of rotatable bonds is 6. The van der Waals surface area contributed by atoms with Crippen LogP contribution in [0.25, 0.3) is 0 Å². The largest absolute Gasteiger partial charge is 0.478 e. The molecule has 214 valence electrons. The Bertz CT molecular complexity index is 1400. The lowest BCUT2D eigenvalue weighted by Gasteiger charge is -2.62. The SMILES string of the molecule is CCOc1ncccc1[C@]1(NC(=O)N2CC3(C2)CN(C2CCN(C4COC4)CC2)C3)C(=O)Nc2ccc(C#N)cc21. The summed E-state index contributed by atoms with van der Waals surface area (Å²) in [5.74, 6) is -0.138. The molecule has 1 spiro atoms. The highest BCUT2D eigenvalue weighted by molar-refractivity contribution is 6.10. The molecular formula is C30H35N7O4. The molecule has 4 fully saturated rings. The van der Waals surface area contributed by atoms with Crippen molar-refractivity contribution < 1.29 is 19.1 Å². The Balaban J connectivity index is 1.06. The van der Waals surface area contributed by atoms with Gasteiger partial charge in [-0.1, -0.05) is 0 Å². The van der Waals surface area contributed by atoms with Gasteiger partial charge in [0.2, 0.25) is 5.88 Å². The van der Waals surface area contributed by atoms with E-state index in [0.29, 0.717) is 54.2 Å². The lowest BCUT2D eigenvalue weighted by Crippen LogP contribution is -2.76. The first-order valence-corrected chi connectivity index (χ1v) is 14.5. The van der Waals surface area contributed by atoms with Crippen LogP contribution in [0.4, 0.5) is 10.5 Å². The van der Waals surface area contributed by atoms with Crippen molar-refractivity contribution in [3.63, 3.8) is 0 Å². The van der Waals surface area contributed by atoms with Crippen molar-refractivity contribution in [2.24, 2.45) is 5.41 Å². The number of carbonyl (C=O) groups excluding carboxylic acids is 2. The summed E-state index contributed by atoms with van der Waals surface area (Å²) in [5, 5.41) is 15.6. The highest BCUT2D eigenvalue weighted by atomic mass is 16.5. The van der Waals surface area contributed by atoms with Crippen molar-refractivity contribution in [1.29, 1.82) is 5.26 Å². The maximum atomic E-state index is 13.8. The number of nitrogens with zero attached hydrogens (tertiary/aromatic N) is 5. The summed E-state index contributed by atoms with van der Waals surface area (Å²) in [4.78, 5) is 38.8. The summed E-state index contributed by atoms with van der Waals surface area (Å²) >= 11 is 0. The van der Waals surface area contributed by atoms with Crippen molar-refractivity contribution >= 4 is 17.6 Å². The fourth-order valence-corrected chi connectivity index (χ4v) is 7.23. The summed E-state index contributed by atoms with van der Waals surface area (Å²) in [7, 11) is 0. The number of pyridine rings is 1. The second-order valence-electron chi connectivity index (χ2n) is 12.0. The van der Waals surface area contributed by atoms with E-state index in [-0.39, 0.29) is 17.3 Å². The van der Waals surface area contributed by atoms with Gasteiger partial charge in [-0.25, -0.2) is 9.78 Å². The van der Waals surface area contributed by atoms with E-state index >= 15 is 0 Å². The van der Waals surface area contributed by atoms with E-state index in [1.807, 2.05) is 6.92 Å². The van der Waals surface area contributed by atoms with Crippen molar-refractivity contribution in [2.45, 2.75) is 37.4 Å². The van der Waals surface area contributed by atoms with Crippen LogP contribution >= 0.6 is 0 Å². The number of benzene rings is 1. The zero-order valence-corrected chi connectivity index (χ0v) is 23.3. The van der Waals surface area contributed by atoms with E-state index in [9.17, 15) is 14.9 Å². The molecular weight excluding hydrogens is 522 g/mol. The number of anilines is 1. The van der Waals surface area contributed by atoms with E-state index in [1.165, 1.54) is 12.8 Å². The number of amides is 3. The molecule has 11 nitrogen and oxygen atoms in total. The van der Waals surface area contributed by atoms with Gasteiger partial charge >= 0.3 is 6.03 Å². The normalized spacial score (nSPS) is 25.9. The van der Waals surface area contributed by atoms with Gasteiger partial charge in [0.25, 0.3) is 5.91 Å². The van der Waals surface area contributed by atoms with Crippen LogP contribution in [0.2, 0.25) is 0 Å². The van der Waals surface area contributed by atoms with Gasteiger partial charge in [-0.2, -0.15) is 5.26 Å². The van der Waals surface area contributed by atoms with E-state index < -0.39 is 11.4 Å². The summed E-state index contributed by atoms with van der Waals surface area (Å²) in [5.41, 5.74) is 0.431. The van der Waals surface area contributed by atoms with Crippen LogP contribution in [-0.4, -0.2) is 103 Å². The van der Waals surface area contributed by atoms with Crippen LogP contribution in [0.1, 0.15) is 36.5 Å². The van der Waals surface area contributed by atoms with Gasteiger partial charge in [-0.15, -0.1) is 0 Å². The third-order valence-electron chi connectivity index (χ3n) is 9.46. The highest BCUT2D eigenvalue weighted by Crippen LogP contribution is 2.46. The van der Waals surface area contributed by atoms with E-state index in [1.54, 1.807) is 41.4 Å². The number of nitrogens with one attached hydrogen (secondary N) is 2. The van der Waals surface area contributed by atoms with Crippen LogP contribution in [0.3, 0.4) is 0 Å². The molecule has 0 bridgehead atoms. The van der Waals surface area contributed by atoms with E-state index in [2.05, 4.69) is 31.5 Å². The third-order valence-corrected chi connectivity index (χ3v) is 9.46. The lowest BCUT2D eigenvalue weighted by molar-refractivity contribution is -0.129. The molecule has 7 rings (SSSR count). The first-order valence-electron chi connectivity index (χ1n) is 14.5. The Kier molecular flexibility index (Phi) is 6.37. The third kappa shape index (κ3) is 4.24. The topological polar surface area (TPSA) is 123 Å². The Morgan fingerprint density at radius 3 is 2.61 bits per heavy atom. The minimum Gasteiger partial charge on any atom is -0.478 e. The molecule has 1 aromatic carbocycles. The average molecular weight is 558 g/mol. The molecule has 0 saturated carbocycles. The number of hydrogen-bond donors (Lipinski definition) is 2. The Labute approximate surface area is 239 Å². The molecule has 0 unspecified atom stereocenters. The van der Waals surface area contributed by atoms with Crippen LogP contribution in [-0.2, 0) is 15.1 Å². The Morgan fingerprint density at radius 1 is 1.15 bits per heavy atom. The maximum Gasteiger partial charge on any atom is 0.318 e. The number of ether oxygens (including phenoxy) is 2. The van der Waals surface area contributed by atoms with Crippen molar-refractivity contribution in [3.05, 3.63) is 53.2 Å². The number of fused-ring (bicyclic) bond motifs is 1. The summed E-state index contributed by atoms with van der Waals surface area (Å²) in [6, 6.07) is 11.5. The fourth-order valence-electron chi connectivity index (χ4n) is 7.23. The number of likely N-dealkylation sites (tertiary alicyclic amines) is 3. The Hall–Kier alpha value is -3.72. The van der Waals surface area contributed by atoms with Crippen LogP contribution in [0.15, 0.2) is 36.5 Å². The first-order chi connectivity index (χ1) is 19.9.